The van der Waals surface area contributed by atoms with Crippen molar-refractivity contribution in [3.05, 3.63) is 36.9 Å². The number of ether oxygens (including phenoxy) is 2. The van der Waals surface area contributed by atoms with Gasteiger partial charge in [-0.1, -0.05) is 18.7 Å². The molecule has 0 bridgehead atoms. The number of amides is 1. The van der Waals surface area contributed by atoms with E-state index in [1.165, 1.54) is 19.1 Å². The minimum atomic E-state index is -1.07. The summed E-state index contributed by atoms with van der Waals surface area (Å²) in [7, 11) is 0. The van der Waals surface area contributed by atoms with Gasteiger partial charge < -0.3 is 14.6 Å². The zero-order valence-corrected chi connectivity index (χ0v) is 10.5. The number of carbonyl (C=O) groups excluding carboxylic acids is 1. The summed E-state index contributed by atoms with van der Waals surface area (Å²) in [6, 6.07) is 6.37. The van der Waals surface area contributed by atoms with Crippen LogP contribution in [-0.4, -0.2) is 29.9 Å². The fourth-order valence-corrected chi connectivity index (χ4v) is 1.19. The predicted octanol–water partition coefficient (Wildman–Crippen LogP) is 2.27. The van der Waals surface area contributed by atoms with Gasteiger partial charge in [-0.3, -0.25) is 5.32 Å². The zero-order valence-electron chi connectivity index (χ0n) is 10.5. The van der Waals surface area contributed by atoms with Crippen molar-refractivity contribution in [2.24, 2.45) is 0 Å². The molecule has 6 nitrogen and oxygen atoms in total. The summed E-state index contributed by atoms with van der Waals surface area (Å²) in [6.07, 6.45) is -0.139. The molecule has 6 heteroatoms. The number of carboxylic acids is 1. The quantitative estimate of drug-likeness (QED) is 0.771. The highest BCUT2D eigenvalue weighted by Crippen LogP contribution is 2.18. The first-order valence-corrected chi connectivity index (χ1v) is 5.57. The summed E-state index contributed by atoms with van der Waals surface area (Å²) >= 11 is 0. The van der Waals surface area contributed by atoms with Gasteiger partial charge in [-0.25, -0.2) is 9.59 Å². The molecule has 0 aliphatic heterocycles. The van der Waals surface area contributed by atoms with Crippen LogP contribution < -0.4 is 10.1 Å². The summed E-state index contributed by atoms with van der Waals surface area (Å²) in [5, 5.41) is 11.2. The molecule has 0 spiro atoms. The van der Waals surface area contributed by atoms with Gasteiger partial charge in [0.1, 0.15) is 12.4 Å². The summed E-state index contributed by atoms with van der Waals surface area (Å²) in [5.74, 6) is -0.722. The molecule has 1 amide bonds. The van der Waals surface area contributed by atoms with E-state index in [1.807, 2.05) is 0 Å². The Morgan fingerprint density at radius 1 is 1.53 bits per heavy atom. The maximum absolute atomic E-state index is 11.3. The molecule has 19 heavy (non-hydrogen) atoms. The van der Waals surface area contributed by atoms with Crippen molar-refractivity contribution >= 4 is 17.7 Å². The minimum Gasteiger partial charge on any atom is -0.479 e. The Hall–Kier alpha value is -2.50. The van der Waals surface area contributed by atoms with E-state index >= 15 is 0 Å². The average molecular weight is 265 g/mol. The van der Waals surface area contributed by atoms with E-state index in [1.54, 1.807) is 18.2 Å². The molecule has 0 saturated carbocycles. The zero-order chi connectivity index (χ0) is 14.3. The van der Waals surface area contributed by atoms with Crippen LogP contribution in [0.1, 0.15) is 6.92 Å². The number of carboxylic acid groups (broad SMARTS) is 1. The molecule has 0 aliphatic rings. The standard InChI is InChI=1S/C13H15NO5/c1-3-7-18-13(17)14-10-5-4-6-11(8-10)19-9(2)12(15)16/h3-6,8-9H,1,7H2,2H3,(H,14,17)(H,15,16). The first-order valence-electron chi connectivity index (χ1n) is 5.57. The molecule has 0 fully saturated rings. The number of rotatable bonds is 6. The van der Waals surface area contributed by atoms with Gasteiger partial charge in [0.15, 0.2) is 6.10 Å². The van der Waals surface area contributed by atoms with Crippen molar-refractivity contribution in [1.82, 2.24) is 0 Å². The molecule has 2 N–H and O–H groups in total. The Bertz CT molecular complexity index is 472. The second-order valence-electron chi connectivity index (χ2n) is 3.64. The van der Waals surface area contributed by atoms with Gasteiger partial charge in [0.25, 0.3) is 0 Å². The molecule has 0 heterocycles. The number of hydrogen-bond acceptors (Lipinski definition) is 4. The van der Waals surface area contributed by atoms with Crippen LogP contribution in [0.2, 0.25) is 0 Å². The Balaban J connectivity index is 2.64. The molecule has 0 saturated heterocycles. The maximum atomic E-state index is 11.3. The van der Waals surface area contributed by atoms with Gasteiger partial charge in [-0.05, 0) is 19.1 Å². The van der Waals surface area contributed by atoms with Crippen molar-refractivity contribution in [3.8, 4) is 5.75 Å². The SMILES string of the molecule is C=CCOC(=O)Nc1cccc(OC(C)C(=O)O)c1. The molecular formula is C13H15NO5. The highest BCUT2D eigenvalue weighted by atomic mass is 16.5. The Morgan fingerprint density at radius 3 is 2.89 bits per heavy atom. The Morgan fingerprint density at radius 2 is 2.26 bits per heavy atom. The van der Waals surface area contributed by atoms with Crippen molar-refractivity contribution < 1.29 is 24.2 Å². The lowest BCUT2D eigenvalue weighted by molar-refractivity contribution is -0.144. The lowest BCUT2D eigenvalue weighted by atomic mass is 10.3. The number of anilines is 1. The lowest BCUT2D eigenvalue weighted by Gasteiger charge is -2.11. The monoisotopic (exact) mass is 265 g/mol. The molecule has 0 aliphatic carbocycles. The number of nitrogens with one attached hydrogen (secondary N) is 1. The van der Waals surface area contributed by atoms with Crippen molar-refractivity contribution in [2.45, 2.75) is 13.0 Å². The van der Waals surface area contributed by atoms with Crippen LogP contribution in [0.25, 0.3) is 0 Å². The van der Waals surface area contributed by atoms with Crippen LogP contribution in [-0.2, 0) is 9.53 Å². The molecule has 102 valence electrons. The third kappa shape index (κ3) is 5.12. The van der Waals surface area contributed by atoms with E-state index in [0.29, 0.717) is 11.4 Å². The average Bonchev–Trinajstić information content (AvgIpc) is 2.36. The van der Waals surface area contributed by atoms with Crippen molar-refractivity contribution in [3.63, 3.8) is 0 Å². The van der Waals surface area contributed by atoms with E-state index < -0.39 is 18.2 Å². The summed E-state index contributed by atoms with van der Waals surface area (Å²) in [4.78, 5) is 22.0. The highest BCUT2D eigenvalue weighted by molar-refractivity contribution is 5.84. The first-order chi connectivity index (χ1) is 9.02. The molecule has 1 atom stereocenters. The summed E-state index contributed by atoms with van der Waals surface area (Å²) in [5.41, 5.74) is 0.448. The molecule has 0 aromatic heterocycles. The van der Waals surface area contributed by atoms with E-state index in [0.717, 1.165) is 0 Å². The van der Waals surface area contributed by atoms with Crippen LogP contribution in [0, 0.1) is 0 Å². The molecule has 1 aromatic carbocycles. The summed E-state index contributed by atoms with van der Waals surface area (Å²) in [6.45, 7) is 4.95. The minimum absolute atomic E-state index is 0.109. The fourth-order valence-electron chi connectivity index (χ4n) is 1.19. The van der Waals surface area contributed by atoms with Crippen LogP contribution in [0.15, 0.2) is 36.9 Å². The second kappa shape index (κ2) is 7.05. The molecule has 0 radical (unpaired) electrons. The second-order valence-corrected chi connectivity index (χ2v) is 3.64. The largest absolute Gasteiger partial charge is 0.479 e. The topological polar surface area (TPSA) is 84.9 Å². The predicted molar refractivity (Wildman–Crippen MR) is 69.3 cm³/mol. The molecule has 1 rings (SSSR count). The van der Waals surface area contributed by atoms with E-state index in [9.17, 15) is 9.59 Å². The van der Waals surface area contributed by atoms with E-state index in [2.05, 4.69) is 11.9 Å². The normalized spacial score (nSPS) is 11.2. The third-order valence-electron chi connectivity index (χ3n) is 2.07. The van der Waals surface area contributed by atoms with Gasteiger partial charge >= 0.3 is 12.1 Å². The van der Waals surface area contributed by atoms with Gasteiger partial charge in [0.2, 0.25) is 0 Å². The van der Waals surface area contributed by atoms with Crippen LogP contribution >= 0.6 is 0 Å². The van der Waals surface area contributed by atoms with Crippen molar-refractivity contribution in [2.75, 3.05) is 11.9 Å². The fraction of sp³-hybridized carbons (Fsp3) is 0.231. The Labute approximate surface area is 110 Å². The number of aliphatic carboxylic acids is 1. The number of hydrogen-bond donors (Lipinski definition) is 2. The highest BCUT2D eigenvalue weighted by Gasteiger charge is 2.12. The van der Waals surface area contributed by atoms with E-state index in [4.69, 9.17) is 14.6 Å². The smallest absolute Gasteiger partial charge is 0.411 e. The van der Waals surface area contributed by atoms with Gasteiger partial charge in [0, 0.05) is 11.8 Å². The van der Waals surface area contributed by atoms with Gasteiger partial charge in [-0.2, -0.15) is 0 Å². The molecule has 1 aromatic rings. The molecular weight excluding hydrogens is 250 g/mol. The van der Waals surface area contributed by atoms with Gasteiger partial charge in [-0.15, -0.1) is 0 Å². The summed E-state index contributed by atoms with van der Waals surface area (Å²) < 4.78 is 9.92. The van der Waals surface area contributed by atoms with E-state index in [-0.39, 0.29) is 6.61 Å². The van der Waals surface area contributed by atoms with Crippen LogP contribution in [0.3, 0.4) is 0 Å². The van der Waals surface area contributed by atoms with Crippen LogP contribution in [0.4, 0.5) is 10.5 Å². The molecule has 1 unspecified atom stereocenters. The third-order valence-corrected chi connectivity index (χ3v) is 2.07. The van der Waals surface area contributed by atoms with Crippen molar-refractivity contribution in [1.29, 1.82) is 0 Å². The van der Waals surface area contributed by atoms with Gasteiger partial charge in [0.05, 0.1) is 0 Å². The first kappa shape index (κ1) is 14.6. The number of carbonyl (C=O) groups is 2. The number of benzene rings is 1. The lowest BCUT2D eigenvalue weighted by Crippen LogP contribution is -2.23. The van der Waals surface area contributed by atoms with Crippen LogP contribution in [0.5, 0.6) is 5.75 Å². The maximum Gasteiger partial charge on any atom is 0.411 e. The Kier molecular flexibility index (Phi) is 5.40.